The van der Waals surface area contributed by atoms with E-state index in [9.17, 15) is 4.79 Å². The summed E-state index contributed by atoms with van der Waals surface area (Å²) in [6.45, 7) is 5.38. The Labute approximate surface area is 145 Å². The number of urea groups is 1. The Bertz CT molecular complexity index is 657. The Kier molecular flexibility index (Phi) is 5.44. The van der Waals surface area contributed by atoms with Crippen LogP contribution < -0.4 is 5.32 Å². The Balaban J connectivity index is 1.56. The predicted octanol–water partition coefficient (Wildman–Crippen LogP) is 2.95. The second-order valence-corrected chi connectivity index (χ2v) is 7.09. The smallest absolute Gasteiger partial charge is 0.317 e. The summed E-state index contributed by atoms with van der Waals surface area (Å²) in [6.07, 6.45) is 5.45. The molecule has 1 aliphatic rings. The Morgan fingerprint density at radius 2 is 2.46 bits per heavy atom. The van der Waals surface area contributed by atoms with Crippen molar-refractivity contribution in [2.75, 3.05) is 13.1 Å². The molecule has 0 saturated carbocycles. The van der Waals surface area contributed by atoms with Gasteiger partial charge in [-0.05, 0) is 25.2 Å². The number of rotatable bonds is 5. The van der Waals surface area contributed by atoms with Gasteiger partial charge in [0, 0.05) is 38.0 Å². The number of thiazole rings is 1. The third kappa shape index (κ3) is 4.11. The molecular weight excluding hydrogens is 326 g/mol. The average molecular weight is 349 g/mol. The number of piperidine rings is 1. The van der Waals surface area contributed by atoms with Gasteiger partial charge in [0.1, 0.15) is 5.01 Å². The van der Waals surface area contributed by atoms with Gasteiger partial charge in [-0.2, -0.15) is 4.98 Å². The quantitative estimate of drug-likeness (QED) is 0.897. The molecule has 0 bridgehead atoms. The lowest BCUT2D eigenvalue weighted by Crippen LogP contribution is -2.46. The highest BCUT2D eigenvalue weighted by Crippen LogP contribution is 2.22. The molecule has 2 aromatic heterocycles. The average Bonchev–Trinajstić information content (AvgIpc) is 3.24. The summed E-state index contributed by atoms with van der Waals surface area (Å²) in [4.78, 5) is 23.1. The van der Waals surface area contributed by atoms with Crippen LogP contribution in [-0.4, -0.2) is 39.1 Å². The van der Waals surface area contributed by atoms with Crippen molar-refractivity contribution in [3.05, 3.63) is 28.3 Å². The minimum absolute atomic E-state index is 0.00829. The summed E-state index contributed by atoms with van der Waals surface area (Å²) >= 11 is 1.58. The van der Waals surface area contributed by atoms with Crippen molar-refractivity contribution in [1.29, 1.82) is 0 Å². The predicted molar refractivity (Wildman–Crippen MR) is 90.7 cm³/mol. The van der Waals surface area contributed by atoms with Gasteiger partial charge in [0.25, 0.3) is 0 Å². The van der Waals surface area contributed by atoms with E-state index in [1.807, 2.05) is 10.3 Å². The number of carbonyl (C=O) groups excluding carboxylic acids is 1. The number of hydrogen-bond acceptors (Lipinski definition) is 6. The van der Waals surface area contributed by atoms with E-state index in [0.717, 1.165) is 49.6 Å². The van der Waals surface area contributed by atoms with Crippen LogP contribution in [0, 0.1) is 12.8 Å². The third-order valence-corrected chi connectivity index (χ3v) is 5.19. The number of nitrogens with one attached hydrogen (secondary N) is 1. The summed E-state index contributed by atoms with van der Waals surface area (Å²) in [5.74, 6) is 1.69. The molecule has 2 unspecified atom stereocenters. The number of hydrogen-bond donors (Lipinski definition) is 1. The number of carbonyl (C=O) groups is 1. The Morgan fingerprint density at radius 3 is 3.12 bits per heavy atom. The maximum Gasteiger partial charge on any atom is 0.317 e. The van der Waals surface area contributed by atoms with Crippen molar-refractivity contribution in [2.24, 2.45) is 5.92 Å². The molecule has 24 heavy (non-hydrogen) atoms. The van der Waals surface area contributed by atoms with Gasteiger partial charge in [0.05, 0.1) is 6.04 Å². The van der Waals surface area contributed by atoms with Gasteiger partial charge in [0.15, 0.2) is 5.82 Å². The molecule has 1 aliphatic heterocycles. The third-order valence-electron chi connectivity index (χ3n) is 4.30. The second kappa shape index (κ2) is 7.74. The largest absolute Gasteiger partial charge is 0.340 e. The van der Waals surface area contributed by atoms with Crippen molar-refractivity contribution >= 4 is 17.4 Å². The first-order valence-electron chi connectivity index (χ1n) is 8.39. The number of aryl methyl sites for hydroxylation is 1. The first-order valence-corrected chi connectivity index (χ1v) is 9.27. The molecule has 3 rings (SSSR count). The fourth-order valence-corrected chi connectivity index (χ4v) is 3.86. The van der Waals surface area contributed by atoms with Crippen LogP contribution in [0.2, 0.25) is 0 Å². The van der Waals surface area contributed by atoms with Crippen molar-refractivity contribution in [3.63, 3.8) is 0 Å². The molecule has 1 fully saturated rings. The summed E-state index contributed by atoms with van der Waals surface area (Å²) in [5, 5.41) is 9.97. The Hall–Kier alpha value is -1.96. The molecule has 2 atom stereocenters. The lowest BCUT2D eigenvalue weighted by Gasteiger charge is -2.33. The van der Waals surface area contributed by atoms with Crippen LogP contribution in [0.25, 0.3) is 0 Å². The first kappa shape index (κ1) is 16.9. The van der Waals surface area contributed by atoms with E-state index in [-0.39, 0.29) is 12.1 Å². The molecule has 0 radical (unpaired) electrons. The number of likely N-dealkylation sites (tertiary alicyclic amines) is 1. The maximum absolute atomic E-state index is 12.6. The van der Waals surface area contributed by atoms with Crippen molar-refractivity contribution in [2.45, 2.75) is 45.6 Å². The molecule has 1 saturated heterocycles. The van der Waals surface area contributed by atoms with Gasteiger partial charge in [-0.3, -0.25) is 0 Å². The summed E-state index contributed by atoms with van der Waals surface area (Å²) in [6, 6.07) is -0.0243. The van der Waals surface area contributed by atoms with E-state index in [0.29, 0.717) is 11.8 Å². The molecule has 2 aromatic rings. The highest BCUT2D eigenvalue weighted by molar-refractivity contribution is 7.09. The molecule has 3 heterocycles. The lowest BCUT2D eigenvalue weighted by atomic mass is 9.95. The van der Waals surface area contributed by atoms with Crippen LogP contribution in [0.5, 0.6) is 0 Å². The summed E-state index contributed by atoms with van der Waals surface area (Å²) in [7, 11) is 0. The molecule has 0 aromatic carbocycles. The number of amides is 2. The van der Waals surface area contributed by atoms with E-state index in [1.54, 1.807) is 24.5 Å². The molecule has 1 N–H and O–H groups in total. The fraction of sp³-hybridized carbons (Fsp3) is 0.625. The maximum atomic E-state index is 12.6. The number of nitrogens with zero attached hydrogens (tertiary/aromatic N) is 4. The van der Waals surface area contributed by atoms with Crippen LogP contribution in [0.1, 0.15) is 49.0 Å². The zero-order valence-electron chi connectivity index (χ0n) is 14.1. The van der Waals surface area contributed by atoms with E-state index in [1.165, 1.54) is 0 Å². The van der Waals surface area contributed by atoms with E-state index in [2.05, 4.69) is 27.4 Å². The van der Waals surface area contributed by atoms with Gasteiger partial charge in [-0.1, -0.05) is 12.1 Å². The monoisotopic (exact) mass is 349 g/mol. The topological polar surface area (TPSA) is 84.2 Å². The highest BCUT2D eigenvalue weighted by atomic mass is 32.1. The van der Waals surface area contributed by atoms with E-state index >= 15 is 0 Å². The minimum Gasteiger partial charge on any atom is -0.340 e. The molecule has 8 heteroatoms. The van der Waals surface area contributed by atoms with Crippen molar-refractivity contribution in [1.82, 2.24) is 25.3 Å². The van der Waals surface area contributed by atoms with Crippen LogP contribution in [0.15, 0.2) is 16.1 Å². The lowest BCUT2D eigenvalue weighted by molar-refractivity contribution is 0.160. The zero-order valence-corrected chi connectivity index (χ0v) is 14.9. The van der Waals surface area contributed by atoms with Gasteiger partial charge >= 0.3 is 6.03 Å². The molecule has 2 amide bonds. The van der Waals surface area contributed by atoms with Gasteiger partial charge in [-0.15, -0.1) is 11.3 Å². The summed E-state index contributed by atoms with van der Waals surface area (Å²) in [5.41, 5.74) is 0. The van der Waals surface area contributed by atoms with E-state index in [4.69, 9.17) is 4.52 Å². The SMILES string of the molecule is CCC(NC(=O)N1CCCC(Cc2noc(C)n2)C1)c1nccs1. The molecule has 130 valence electrons. The second-order valence-electron chi connectivity index (χ2n) is 6.17. The molecule has 7 nitrogen and oxygen atoms in total. The van der Waals surface area contributed by atoms with Crippen molar-refractivity contribution in [3.8, 4) is 0 Å². The summed E-state index contributed by atoms with van der Waals surface area (Å²) < 4.78 is 5.03. The minimum atomic E-state index is -0.0160. The van der Waals surface area contributed by atoms with Gasteiger partial charge < -0.3 is 14.7 Å². The number of aromatic nitrogens is 3. The molecule has 0 spiro atoms. The van der Waals surface area contributed by atoms with Gasteiger partial charge in [0.2, 0.25) is 5.89 Å². The van der Waals surface area contributed by atoms with Crippen LogP contribution in [0.3, 0.4) is 0 Å². The normalized spacial score (nSPS) is 19.2. The molecular formula is C16H23N5O2S. The Morgan fingerprint density at radius 1 is 1.58 bits per heavy atom. The van der Waals surface area contributed by atoms with Crippen LogP contribution in [-0.2, 0) is 6.42 Å². The van der Waals surface area contributed by atoms with Crippen LogP contribution in [0.4, 0.5) is 4.79 Å². The van der Waals surface area contributed by atoms with Crippen LogP contribution >= 0.6 is 11.3 Å². The highest BCUT2D eigenvalue weighted by Gasteiger charge is 2.26. The van der Waals surface area contributed by atoms with Gasteiger partial charge in [-0.25, -0.2) is 9.78 Å². The van der Waals surface area contributed by atoms with Crippen molar-refractivity contribution < 1.29 is 9.32 Å². The fourth-order valence-electron chi connectivity index (χ4n) is 3.08. The van der Waals surface area contributed by atoms with E-state index < -0.39 is 0 Å². The molecule has 0 aliphatic carbocycles. The first-order chi connectivity index (χ1) is 11.7. The zero-order chi connectivity index (χ0) is 16.9. The standard InChI is InChI=1S/C16H23N5O2S/c1-3-13(15-17-6-8-24-15)19-16(22)21-7-4-5-12(10-21)9-14-18-11(2)23-20-14/h6,8,12-13H,3-5,7,9-10H2,1-2H3,(H,19,22).